The van der Waals surface area contributed by atoms with Crippen LogP contribution in [0.5, 0.6) is 0 Å². The van der Waals surface area contributed by atoms with E-state index >= 15 is 0 Å². The Labute approximate surface area is 395 Å². The first-order valence-corrected chi connectivity index (χ1v) is 25.7. The maximum atomic E-state index is 5.87. The molecule has 0 aliphatic heterocycles. The first-order chi connectivity index (χ1) is 31.3. The number of nitrogens with two attached hydrogens (primary N) is 7. The Morgan fingerprint density at radius 3 is 0.828 bits per heavy atom. The minimum Gasteiger partial charge on any atom is -0.329 e. The van der Waals surface area contributed by atoms with E-state index in [9.17, 15) is 0 Å². The number of hydrogen-bond acceptors (Lipinski definition) is 19. The Balaban J connectivity index is 0. The summed E-state index contributed by atoms with van der Waals surface area (Å²) < 4.78 is 0. The van der Waals surface area contributed by atoms with Crippen molar-refractivity contribution < 1.29 is 0 Å². The Kier molecular flexibility index (Phi) is 52.7. The van der Waals surface area contributed by atoms with Crippen molar-refractivity contribution in [2.24, 2.45) is 40.1 Å². The molecule has 0 amide bonds. The summed E-state index contributed by atoms with van der Waals surface area (Å²) in [5, 5.41) is 13.5. The predicted octanol–water partition coefficient (Wildman–Crippen LogP) is -4.05. The minimum atomic E-state index is 0.677. The largest absolute Gasteiger partial charge is 0.329 e. The van der Waals surface area contributed by atoms with E-state index in [2.05, 4.69) is 81.2 Å². The second-order valence-electron chi connectivity index (χ2n) is 16.9. The van der Waals surface area contributed by atoms with Crippen molar-refractivity contribution in [1.29, 1.82) is 0 Å². The highest BCUT2D eigenvalue weighted by molar-refractivity contribution is 4.73. The molecule has 388 valence electrons. The van der Waals surface area contributed by atoms with Crippen LogP contribution in [0.3, 0.4) is 0 Å². The molecule has 0 bridgehead atoms. The molecule has 0 saturated carbocycles. The van der Waals surface area contributed by atoms with Gasteiger partial charge in [-0.05, 0) is 46.6 Å². The topological polar surface area (TPSA) is 256 Å². The van der Waals surface area contributed by atoms with E-state index in [0.29, 0.717) is 32.7 Å². The fourth-order valence-electron chi connectivity index (χ4n) is 7.55. The lowest BCUT2D eigenvalue weighted by Gasteiger charge is -2.31. The molecule has 0 heterocycles. The molecule has 64 heavy (non-hydrogen) atoms. The summed E-state index contributed by atoms with van der Waals surface area (Å²) in [5.41, 5.74) is 40.2. The van der Waals surface area contributed by atoms with E-state index in [1.807, 2.05) is 14.1 Å². The normalized spacial score (nSPS) is 12.2. The number of nitrogens with one attached hydrogen (secondary N) is 4. The second-order valence-corrected chi connectivity index (χ2v) is 16.9. The number of hydrogen-bond donors (Lipinski definition) is 11. The van der Waals surface area contributed by atoms with E-state index in [0.717, 1.165) is 209 Å². The quantitative estimate of drug-likeness (QED) is 0.0260. The summed E-state index contributed by atoms with van der Waals surface area (Å²) in [6, 6.07) is 0. The molecule has 0 radical (unpaired) electrons. The molecule has 0 aliphatic rings. The van der Waals surface area contributed by atoms with E-state index < -0.39 is 0 Å². The first-order valence-electron chi connectivity index (χ1n) is 25.7. The molecule has 0 aromatic carbocycles. The van der Waals surface area contributed by atoms with Crippen molar-refractivity contribution in [3.05, 3.63) is 0 Å². The highest BCUT2D eigenvalue weighted by Crippen LogP contribution is 2.01. The fraction of sp³-hybridized carbons (Fsp3) is 1.00. The van der Waals surface area contributed by atoms with Crippen LogP contribution in [0.25, 0.3) is 0 Å². The Morgan fingerprint density at radius 1 is 0.266 bits per heavy atom. The number of unbranched alkanes of at least 4 members (excludes halogenated alkanes) is 1. The molecule has 18 N–H and O–H groups in total. The summed E-state index contributed by atoms with van der Waals surface area (Å²) in [7, 11) is 4.05. The predicted molar refractivity (Wildman–Crippen MR) is 279 cm³/mol. The van der Waals surface area contributed by atoms with Crippen molar-refractivity contribution in [2.75, 3.05) is 256 Å². The summed E-state index contributed by atoms with van der Waals surface area (Å²) in [4.78, 5) is 20.1. The van der Waals surface area contributed by atoms with Crippen molar-refractivity contribution in [2.45, 2.75) is 40.0 Å². The number of rotatable bonds is 50. The minimum absolute atomic E-state index is 0.677. The van der Waals surface area contributed by atoms with Gasteiger partial charge in [0, 0.05) is 223 Å². The molecule has 0 rings (SSSR count). The molecular formula is C45H113N19. The van der Waals surface area contributed by atoms with E-state index in [1.54, 1.807) is 0 Å². The van der Waals surface area contributed by atoms with Gasteiger partial charge in [0.15, 0.2) is 0 Å². The number of nitrogens with zero attached hydrogens (tertiary/aromatic N) is 8. The first kappa shape index (κ1) is 65.3. The van der Waals surface area contributed by atoms with Crippen molar-refractivity contribution >= 4 is 0 Å². The molecule has 0 atom stereocenters. The average molecular weight is 921 g/mol. The molecule has 0 fully saturated rings. The van der Waals surface area contributed by atoms with Crippen LogP contribution in [-0.4, -0.2) is 295 Å². The van der Waals surface area contributed by atoms with Crippen LogP contribution in [0.2, 0.25) is 0 Å². The van der Waals surface area contributed by atoms with Crippen LogP contribution in [0, 0.1) is 0 Å². The lowest BCUT2D eigenvalue weighted by molar-refractivity contribution is 0.163. The highest BCUT2D eigenvalue weighted by atomic mass is 15.3. The van der Waals surface area contributed by atoms with Gasteiger partial charge in [-0.25, -0.2) is 0 Å². The molecule has 19 heteroatoms. The number of likely N-dealkylation sites (N-methyl/N-ethyl adjacent to an activating group) is 3. The van der Waals surface area contributed by atoms with Crippen LogP contribution in [-0.2, 0) is 0 Å². The maximum Gasteiger partial charge on any atom is 0.0110 e. The van der Waals surface area contributed by atoms with Gasteiger partial charge in [0.2, 0.25) is 0 Å². The highest BCUT2D eigenvalue weighted by Gasteiger charge is 2.15. The standard InChI is InChI=1S/C24H59N9.C21H54N10/c1-4-6-14-31(16-9-27)20-22-33(18-12-29-10-7-25)24-23-32(17-11-28-3)21-19-30(13-5-2)15-8-26;1-3-28(11-5-23)16-17-31(15-10-27-8-4-22)21-20-30(14-9-26-2)19-18-29(12-6-24)13-7-25/h28-29H,4-27H2,1-3H3;26-27H,3-25H2,1-2H3. The van der Waals surface area contributed by atoms with Crippen molar-refractivity contribution in [3.63, 3.8) is 0 Å². The molecule has 0 aromatic rings. The molecule has 0 saturated heterocycles. The van der Waals surface area contributed by atoms with Gasteiger partial charge in [-0.2, -0.15) is 0 Å². The van der Waals surface area contributed by atoms with Gasteiger partial charge in [0.25, 0.3) is 0 Å². The van der Waals surface area contributed by atoms with Gasteiger partial charge in [-0.1, -0.05) is 27.2 Å². The van der Waals surface area contributed by atoms with E-state index in [4.69, 9.17) is 40.1 Å². The SMILES string of the molecule is CCCCN(CCN)CCN(CCNCCN)CCN(CCNC)CCN(CCC)CCN.CCN(CCN)CCN(CCNCCN)CCN(CCNC)CCN(CCN)CCN. The summed E-state index contributed by atoms with van der Waals surface area (Å²) >= 11 is 0. The summed E-state index contributed by atoms with van der Waals surface area (Å²) in [6.07, 6.45) is 3.65. The molecule has 19 nitrogen and oxygen atoms in total. The van der Waals surface area contributed by atoms with Gasteiger partial charge in [0.05, 0.1) is 0 Å². The zero-order chi connectivity index (χ0) is 47.7. The lowest BCUT2D eigenvalue weighted by Crippen LogP contribution is -2.46. The van der Waals surface area contributed by atoms with Crippen molar-refractivity contribution in [3.8, 4) is 0 Å². The van der Waals surface area contributed by atoms with Crippen LogP contribution in [0.15, 0.2) is 0 Å². The molecule has 0 aliphatic carbocycles. The monoisotopic (exact) mass is 920 g/mol. The molecule has 0 aromatic heterocycles. The summed E-state index contributed by atoms with van der Waals surface area (Å²) in [5.74, 6) is 0. The maximum absolute atomic E-state index is 5.87. The van der Waals surface area contributed by atoms with Crippen LogP contribution < -0.4 is 61.4 Å². The fourth-order valence-corrected chi connectivity index (χ4v) is 7.55. The third kappa shape index (κ3) is 41.4. The average Bonchev–Trinajstić information content (AvgIpc) is 3.30. The lowest BCUT2D eigenvalue weighted by atomic mass is 10.3. The van der Waals surface area contributed by atoms with Crippen LogP contribution in [0.4, 0.5) is 0 Å². The van der Waals surface area contributed by atoms with Gasteiger partial charge in [-0.3, -0.25) is 24.5 Å². The van der Waals surface area contributed by atoms with Gasteiger partial charge < -0.3 is 76.1 Å². The van der Waals surface area contributed by atoms with Gasteiger partial charge >= 0.3 is 0 Å². The third-order valence-corrected chi connectivity index (χ3v) is 11.6. The zero-order valence-electron chi connectivity index (χ0n) is 42.9. The zero-order valence-corrected chi connectivity index (χ0v) is 42.9. The molecule has 0 spiro atoms. The van der Waals surface area contributed by atoms with Gasteiger partial charge in [0.1, 0.15) is 0 Å². The van der Waals surface area contributed by atoms with Crippen LogP contribution >= 0.6 is 0 Å². The molecular weight excluding hydrogens is 807 g/mol. The summed E-state index contributed by atoms with van der Waals surface area (Å²) in [6.45, 7) is 42.4. The van der Waals surface area contributed by atoms with Crippen LogP contribution in [0.1, 0.15) is 40.0 Å². The second kappa shape index (κ2) is 51.6. The Bertz CT molecular complexity index is 872. The smallest absolute Gasteiger partial charge is 0.0110 e. The molecule has 0 unspecified atom stereocenters. The third-order valence-electron chi connectivity index (χ3n) is 11.6. The van der Waals surface area contributed by atoms with E-state index in [1.165, 1.54) is 19.3 Å². The Morgan fingerprint density at radius 2 is 0.547 bits per heavy atom. The van der Waals surface area contributed by atoms with Gasteiger partial charge in [-0.15, -0.1) is 0 Å². The van der Waals surface area contributed by atoms with E-state index in [-0.39, 0.29) is 0 Å². The van der Waals surface area contributed by atoms with Crippen molar-refractivity contribution in [1.82, 2.24) is 60.5 Å². The Hall–Kier alpha value is -0.760.